The van der Waals surface area contributed by atoms with E-state index in [0.717, 1.165) is 23.3 Å². The second kappa shape index (κ2) is 6.56. The van der Waals surface area contributed by atoms with Crippen molar-refractivity contribution in [2.45, 2.75) is 26.3 Å². The number of nitrogens with two attached hydrogens (primary N) is 1. The van der Waals surface area contributed by atoms with Gasteiger partial charge in [-0.25, -0.2) is 0 Å². The molecule has 0 aliphatic rings. The van der Waals surface area contributed by atoms with E-state index in [9.17, 15) is 0 Å². The largest absolute Gasteiger partial charge is 0.489 e. The zero-order valence-corrected chi connectivity index (χ0v) is 10.5. The minimum absolute atomic E-state index is 0.132. The third-order valence-corrected chi connectivity index (χ3v) is 2.43. The Labute approximate surface area is 102 Å². The molecule has 0 saturated carbocycles. The molecule has 0 aromatic heterocycles. The van der Waals surface area contributed by atoms with Gasteiger partial charge in [0.15, 0.2) is 0 Å². The molecule has 0 bridgehead atoms. The van der Waals surface area contributed by atoms with Gasteiger partial charge in [-0.2, -0.15) is 0 Å². The van der Waals surface area contributed by atoms with Gasteiger partial charge in [0.05, 0.1) is 0 Å². The summed E-state index contributed by atoms with van der Waals surface area (Å²) in [4.78, 5) is 0. The molecular weight excluding hydrogens is 222 g/mol. The molecule has 2 N–H and O–H groups in total. The topological polar surface area (TPSA) is 35.2 Å². The van der Waals surface area contributed by atoms with E-state index < -0.39 is 0 Å². The Kier molecular flexibility index (Phi) is 5.36. The fraction of sp³-hybridized carbons (Fsp3) is 0.385. The Morgan fingerprint density at radius 1 is 1.50 bits per heavy atom. The summed E-state index contributed by atoms with van der Waals surface area (Å²) in [5, 5.41) is 0. The maximum absolute atomic E-state index is 5.81. The predicted molar refractivity (Wildman–Crippen MR) is 69.0 cm³/mol. The molecule has 0 heterocycles. The smallest absolute Gasteiger partial charge is 0.125 e. The van der Waals surface area contributed by atoms with Crippen molar-refractivity contribution in [3.05, 3.63) is 40.9 Å². The Hall–Kier alpha value is -0.990. The molecule has 2 nitrogen and oxygen atoms in total. The number of hydrogen-bond acceptors (Lipinski definition) is 2. The summed E-state index contributed by atoms with van der Waals surface area (Å²) in [6.07, 6.45) is 2.59. The molecule has 16 heavy (non-hydrogen) atoms. The fourth-order valence-corrected chi connectivity index (χ4v) is 1.67. The fourth-order valence-electron chi connectivity index (χ4n) is 1.60. The van der Waals surface area contributed by atoms with Gasteiger partial charge in [-0.1, -0.05) is 29.8 Å². The summed E-state index contributed by atoms with van der Waals surface area (Å²) in [5.74, 6) is 0.926. The van der Waals surface area contributed by atoms with E-state index in [-0.39, 0.29) is 6.04 Å². The number of halogens is 1. The van der Waals surface area contributed by atoms with E-state index >= 15 is 0 Å². The van der Waals surface area contributed by atoms with Crippen molar-refractivity contribution in [2.24, 2.45) is 5.73 Å². The minimum atomic E-state index is 0.132. The molecule has 1 unspecified atom stereocenters. The van der Waals surface area contributed by atoms with E-state index in [1.54, 1.807) is 6.08 Å². The molecule has 0 aliphatic carbocycles. The lowest BCUT2D eigenvalue weighted by molar-refractivity contribution is 0.355. The van der Waals surface area contributed by atoms with Crippen molar-refractivity contribution in [1.29, 1.82) is 0 Å². The van der Waals surface area contributed by atoms with Gasteiger partial charge in [0.1, 0.15) is 12.4 Å². The van der Waals surface area contributed by atoms with Gasteiger partial charge >= 0.3 is 0 Å². The molecule has 0 amide bonds. The van der Waals surface area contributed by atoms with Crippen LogP contribution in [0.1, 0.15) is 18.1 Å². The van der Waals surface area contributed by atoms with Crippen LogP contribution in [-0.2, 0) is 6.42 Å². The number of rotatable bonds is 5. The summed E-state index contributed by atoms with van der Waals surface area (Å²) in [7, 11) is 0. The highest BCUT2D eigenvalue weighted by atomic mass is 35.5. The van der Waals surface area contributed by atoms with Crippen LogP contribution in [0.4, 0.5) is 0 Å². The summed E-state index contributed by atoms with van der Waals surface area (Å²) >= 11 is 5.45. The lowest BCUT2D eigenvalue weighted by atomic mass is 10.0. The van der Waals surface area contributed by atoms with Crippen LogP contribution in [0.15, 0.2) is 29.8 Å². The normalized spacial score (nSPS) is 13.0. The average Bonchev–Trinajstić information content (AvgIpc) is 2.21. The van der Waals surface area contributed by atoms with Gasteiger partial charge in [-0.05, 0) is 37.5 Å². The minimum Gasteiger partial charge on any atom is -0.489 e. The number of benzene rings is 1. The van der Waals surface area contributed by atoms with Gasteiger partial charge in [0.25, 0.3) is 0 Å². The van der Waals surface area contributed by atoms with Crippen LogP contribution >= 0.6 is 11.6 Å². The highest BCUT2D eigenvalue weighted by Gasteiger charge is 2.08. The molecule has 0 aliphatic heterocycles. The molecule has 1 atom stereocenters. The first kappa shape index (κ1) is 13.1. The molecule has 1 rings (SSSR count). The molecule has 88 valence electrons. The van der Waals surface area contributed by atoms with Gasteiger partial charge < -0.3 is 10.5 Å². The Bertz CT molecular complexity index is 361. The highest BCUT2D eigenvalue weighted by molar-refractivity contribution is 6.25. The molecule has 3 heteroatoms. The zero-order chi connectivity index (χ0) is 12.0. The van der Waals surface area contributed by atoms with Crippen LogP contribution in [0.3, 0.4) is 0 Å². The molecule has 1 aromatic carbocycles. The van der Waals surface area contributed by atoms with Crippen LogP contribution in [0.2, 0.25) is 0 Å². The second-order valence-electron chi connectivity index (χ2n) is 3.92. The SMILES string of the molecule is Cc1cccc(CC(C)N)c1OC/C=C/Cl. The first-order valence-electron chi connectivity index (χ1n) is 5.37. The summed E-state index contributed by atoms with van der Waals surface area (Å²) in [6, 6.07) is 6.24. The maximum atomic E-state index is 5.81. The lowest BCUT2D eigenvalue weighted by Crippen LogP contribution is -2.18. The summed E-state index contributed by atoms with van der Waals surface area (Å²) in [6.45, 7) is 4.51. The molecule has 0 radical (unpaired) electrons. The van der Waals surface area contributed by atoms with Gasteiger partial charge in [0, 0.05) is 11.6 Å². The third kappa shape index (κ3) is 3.87. The molecule has 0 spiro atoms. The lowest BCUT2D eigenvalue weighted by Gasteiger charge is -2.14. The van der Waals surface area contributed by atoms with Crippen LogP contribution in [-0.4, -0.2) is 12.6 Å². The number of hydrogen-bond donors (Lipinski definition) is 1. The average molecular weight is 240 g/mol. The van der Waals surface area contributed by atoms with Crippen molar-refractivity contribution < 1.29 is 4.74 Å². The molecule has 0 fully saturated rings. The van der Waals surface area contributed by atoms with E-state index in [1.165, 1.54) is 5.54 Å². The van der Waals surface area contributed by atoms with Crippen LogP contribution < -0.4 is 10.5 Å². The van der Waals surface area contributed by atoms with Crippen molar-refractivity contribution in [1.82, 2.24) is 0 Å². The van der Waals surface area contributed by atoms with Gasteiger partial charge in [-0.3, -0.25) is 0 Å². The molecule has 0 saturated heterocycles. The predicted octanol–water partition coefficient (Wildman–Crippen LogP) is 3.02. The number of para-hydroxylation sites is 1. The summed E-state index contributed by atoms with van der Waals surface area (Å²) < 4.78 is 5.68. The standard InChI is InChI=1S/C13H18ClNO/c1-10-5-3-6-12(9-11(2)15)13(10)16-8-4-7-14/h3-7,11H,8-9,15H2,1-2H3/b7-4+. The Balaban J connectivity index is 2.85. The first-order valence-corrected chi connectivity index (χ1v) is 5.81. The van der Waals surface area contributed by atoms with E-state index in [2.05, 4.69) is 6.07 Å². The van der Waals surface area contributed by atoms with Gasteiger partial charge in [0.2, 0.25) is 0 Å². The second-order valence-corrected chi connectivity index (χ2v) is 4.17. The molecular formula is C13H18ClNO. The van der Waals surface area contributed by atoms with Gasteiger partial charge in [-0.15, -0.1) is 0 Å². The third-order valence-electron chi connectivity index (χ3n) is 2.25. The Morgan fingerprint density at radius 3 is 2.88 bits per heavy atom. The van der Waals surface area contributed by atoms with Crippen LogP contribution in [0, 0.1) is 6.92 Å². The highest BCUT2D eigenvalue weighted by Crippen LogP contribution is 2.24. The summed E-state index contributed by atoms with van der Waals surface area (Å²) in [5.41, 5.74) is 9.55. The van der Waals surface area contributed by atoms with Crippen LogP contribution in [0.5, 0.6) is 5.75 Å². The number of aryl methyl sites for hydroxylation is 1. The van der Waals surface area contributed by atoms with Crippen molar-refractivity contribution in [2.75, 3.05) is 6.61 Å². The van der Waals surface area contributed by atoms with Crippen molar-refractivity contribution in [3.63, 3.8) is 0 Å². The zero-order valence-electron chi connectivity index (χ0n) is 9.74. The first-order chi connectivity index (χ1) is 7.65. The Morgan fingerprint density at radius 2 is 2.25 bits per heavy atom. The monoisotopic (exact) mass is 239 g/mol. The van der Waals surface area contributed by atoms with E-state index in [4.69, 9.17) is 22.1 Å². The van der Waals surface area contributed by atoms with Crippen molar-refractivity contribution >= 4 is 11.6 Å². The quantitative estimate of drug-likeness (QED) is 0.857. The van der Waals surface area contributed by atoms with E-state index in [1.807, 2.05) is 26.0 Å². The van der Waals surface area contributed by atoms with E-state index in [0.29, 0.717) is 6.61 Å². The maximum Gasteiger partial charge on any atom is 0.125 e. The molecule has 1 aromatic rings. The van der Waals surface area contributed by atoms with Crippen LogP contribution in [0.25, 0.3) is 0 Å². The van der Waals surface area contributed by atoms with Crippen molar-refractivity contribution in [3.8, 4) is 5.75 Å². The number of ether oxygens (including phenoxy) is 1.